The molecule has 0 amide bonds. The molecule has 102 valence electrons. The van der Waals surface area contributed by atoms with Crippen molar-refractivity contribution in [3.05, 3.63) is 34.6 Å². The normalized spacial score (nSPS) is 14.5. The van der Waals surface area contributed by atoms with Crippen molar-refractivity contribution in [2.75, 3.05) is 6.61 Å². The van der Waals surface area contributed by atoms with E-state index in [-0.39, 0.29) is 18.0 Å². The fourth-order valence-electron chi connectivity index (χ4n) is 2.00. The van der Waals surface area contributed by atoms with Crippen molar-refractivity contribution < 1.29 is 9.13 Å². The van der Waals surface area contributed by atoms with E-state index in [4.69, 9.17) is 22.1 Å². The summed E-state index contributed by atoms with van der Waals surface area (Å²) in [5.41, 5.74) is 6.66. The highest BCUT2D eigenvalue weighted by Crippen LogP contribution is 2.18. The number of ether oxygens (including phenoxy) is 1. The standard InChI is InChI=1S/C14H21ClFNO/c1-3-5-14(18-4-2)13(17)9-10-8-11(15)6-7-12(10)16/h6-8,13-14H,3-5,9,17H2,1-2H3. The van der Waals surface area contributed by atoms with Gasteiger partial charge in [-0.2, -0.15) is 0 Å². The summed E-state index contributed by atoms with van der Waals surface area (Å²) in [6.07, 6.45) is 2.29. The molecule has 1 aromatic rings. The van der Waals surface area contributed by atoms with Gasteiger partial charge in [-0.25, -0.2) is 4.39 Å². The third-order valence-electron chi connectivity index (χ3n) is 2.89. The number of benzene rings is 1. The Morgan fingerprint density at radius 3 is 2.72 bits per heavy atom. The van der Waals surface area contributed by atoms with Crippen LogP contribution in [0.1, 0.15) is 32.3 Å². The van der Waals surface area contributed by atoms with Crippen molar-refractivity contribution in [1.82, 2.24) is 0 Å². The van der Waals surface area contributed by atoms with E-state index >= 15 is 0 Å². The van der Waals surface area contributed by atoms with E-state index in [1.807, 2.05) is 6.92 Å². The van der Waals surface area contributed by atoms with Crippen molar-refractivity contribution in [1.29, 1.82) is 0 Å². The Morgan fingerprint density at radius 2 is 2.11 bits per heavy atom. The number of nitrogens with two attached hydrogens (primary N) is 1. The molecule has 2 N–H and O–H groups in total. The molecule has 0 bridgehead atoms. The molecule has 18 heavy (non-hydrogen) atoms. The molecular weight excluding hydrogens is 253 g/mol. The van der Waals surface area contributed by atoms with Crippen LogP contribution in [-0.2, 0) is 11.2 Å². The molecule has 0 aliphatic rings. The molecule has 0 saturated carbocycles. The topological polar surface area (TPSA) is 35.2 Å². The van der Waals surface area contributed by atoms with Crippen LogP contribution in [0.5, 0.6) is 0 Å². The van der Waals surface area contributed by atoms with E-state index in [1.54, 1.807) is 6.07 Å². The number of halogens is 2. The highest BCUT2D eigenvalue weighted by Gasteiger charge is 2.19. The minimum Gasteiger partial charge on any atom is -0.377 e. The molecule has 2 atom stereocenters. The van der Waals surface area contributed by atoms with E-state index in [1.165, 1.54) is 12.1 Å². The Hall–Kier alpha value is -0.640. The van der Waals surface area contributed by atoms with Crippen molar-refractivity contribution >= 4 is 11.6 Å². The van der Waals surface area contributed by atoms with Crippen LogP contribution in [0.2, 0.25) is 5.02 Å². The third kappa shape index (κ3) is 4.56. The highest BCUT2D eigenvalue weighted by atomic mass is 35.5. The zero-order chi connectivity index (χ0) is 13.5. The maximum atomic E-state index is 13.6. The van der Waals surface area contributed by atoms with Crippen LogP contribution in [0.25, 0.3) is 0 Å². The van der Waals surface area contributed by atoms with Gasteiger partial charge < -0.3 is 10.5 Å². The van der Waals surface area contributed by atoms with Gasteiger partial charge in [0, 0.05) is 17.7 Å². The van der Waals surface area contributed by atoms with Crippen molar-refractivity contribution in [2.24, 2.45) is 5.73 Å². The Bertz CT molecular complexity index is 367. The van der Waals surface area contributed by atoms with Crippen LogP contribution in [-0.4, -0.2) is 18.8 Å². The Kier molecular flexibility index (Phi) is 6.61. The molecule has 0 heterocycles. The fourth-order valence-corrected chi connectivity index (χ4v) is 2.20. The summed E-state index contributed by atoms with van der Waals surface area (Å²) in [5.74, 6) is -0.262. The Balaban J connectivity index is 2.71. The first kappa shape index (κ1) is 15.4. The molecule has 1 rings (SSSR count). The molecule has 0 aliphatic heterocycles. The SMILES string of the molecule is CCCC(OCC)C(N)Cc1cc(Cl)ccc1F. The molecule has 0 aliphatic carbocycles. The second kappa shape index (κ2) is 7.72. The second-order valence-electron chi connectivity index (χ2n) is 4.39. The van der Waals surface area contributed by atoms with Gasteiger partial charge in [-0.3, -0.25) is 0 Å². The van der Waals surface area contributed by atoms with Gasteiger partial charge in [-0.15, -0.1) is 0 Å². The van der Waals surface area contributed by atoms with Crippen molar-refractivity contribution in [2.45, 2.75) is 45.3 Å². The molecule has 1 aromatic carbocycles. The quantitative estimate of drug-likeness (QED) is 0.824. The number of hydrogen-bond donors (Lipinski definition) is 1. The van der Waals surface area contributed by atoms with Crippen LogP contribution in [0.3, 0.4) is 0 Å². The lowest BCUT2D eigenvalue weighted by atomic mass is 9.99. The summed E-state index contributed by atoms with van der Waals surface area (Å²) >= 11 is 5.86. The van der Waals surface area contributed by atoms with Crippen LogP contribution in [0.4, 0.5) is 4.39 Å². The van der Waals surface area contributed by atoms with E-state index in [0.29, 0.717) is 23.6 Å². The van der Waals surface area contributed by atoms with E-state index in [9.17, 15) is 4.39 Å². The third-order valence-corrected chi connectivity index (χ3v) is 3.13. The maximum absolute atomic E-state index is 13.6. The maximum Gasteiger partial charge on any atom is 0.126 e. The van der Waals surface area contributed by atoms with Gasteiger partial charge in [0.05, 0.1) is 6.10 Å². The van der Waals surface area contributed by atoms with Crippen molar-refractivity contribution in [3.63, 3.8) is 0 Å². The molecule has 4 heteroatoms. The Labute approximate surface area is 113 Å². The molecule has 0 fully saturated rings. The van der Waals surface area contributed by atoms with Crippen LogP contribution < -0.4 is 5.73 Å². The first-order chi connectivity index (χ1) is 8.58. The average molecular weight is 274 g/mol. The van der Waals surface area contributed by atoms with Crippen LogP contribution in [0.15, 0.2) is 18.2 Å². The lowest BCUT2D eigenvalue weighted by Crippen LogP contribution is -2.38. The molecule has 2 unspecified atom stereocenters. The fraction of sp³-hybridized carbons (Fsp3) is 0.571. The monoisotopic (exact) mass is 273 g/mol. The second-order valence-corrected chi connectivity index (χ2v) is 4.82. The summed E-state index contributed by atoms with van der Waals surface area (Å²) in [5, 5.41) is 0.530. The number of rotatable bonds is 7. The van der Waals surface area contributed by atoms with Gasteiger partial charge in [-0.05, 0) is 43.5 Å². The van der Waals surface area contributed by atoms with Crippen LogP contribution >= 0.6 is 11.6 Å². The first-order valence-electron chi connectivity index (χ1n) is 6.39. The Morgan fingerprint density at radius 1 is 1.39 bits per heavy atom. The lowest BCUT2D eigenvalue weighted by Gasteiger charge is -2.23. The van der Waals surface area contributed by atoms with Gasteiger partial charge in [0.25, 0.3) is 0 Å². The van der Waals surface area contributed by atoms with E-state index < -0.39 is 0 Å². The van der Waals surface area contributed by atoms with Gasteiger partial charge >= 0.3 is 0 Å². The summed E-state index contributed by atoms with van der Waals surface area (Å²) in [7, 11) is 0. The molecule has 2 nitrogen and oxygen atoms in total. The van der Waals surface area contributed by atoms with Gasteiger partial charge in [0.2, 0.25) is 0 Å². The number of hydrogen-bond acceptors (Lipinski definition) is 2. The smallest absolute Gasteiger partial charge is 0.126 e. The average Bonchev–Trinajstić information content (AvgIpc) is 2.33. The van der Waals surface area contributed by atoms with E-state index in [2.05, 4.69) is 6.92 Å². The van der Waals surface area contributed by atoms with E-state index in [0.717, 1.165) is 12.8 Å². The summed E-state index contributed by atoms with van der Waals surface area (Å²) in [4.78, 5) is 0. The zero-order valence-corrected chi connectivity index (χ0v) is 11.7. The summed E-state index contributed by atoms with van der Waals surface area (Å²) < 4.78 is 19.2. The highest BCUT2D eigenvalue weighted by molar-refractivity contribution is 6.30. The molecule has 0 aromatic heterocycles. The van der Waals surface area contributed by atoms with Gasteiger partial charge in [-0.1, -0.05) is 24.9 Å². The van der Waals surface area contributed by atoms with Crippen molar-refractivity contribution in [3.8, 4) is 0 Å². The predicted molar refractivity (Wildman–Crippen MR) is 73.4 cm³/mol. The zero-order valence-electron chi connectivity index (χ0n) is 11.0. The molecule has 0 radical (unpaired) electrons. The predicted octanol–water partition coefficient (Wildman–Crippen LogP) is 3.55. The minimum absolute atomic E-state index is 0.0293. The first-order valence-corrected chi connectivity index (χ1v) is 6.77. The molecule has 0 saturated heterocycles. The lowest BCUT2D eigenvalue weighted by molar-refractivity contribution is 0.0377. The largest absolute Gasteiger partial charge is 0.377 e. The summed E-state index contributed by atoms with van der Waals surface area (Å²) in [6, 6.07) is 4.33. The summed E-state index contributed by atoms with van der Waals surface area (Å²) in [6.45, 7) is 4.64. The molecule has 0 spiro atoms. The van der Waals surface area contributed by atoms with Gasteiger partial charge in [0.1, 0.15) is 5.82 Å². The van der Waals surface area contributed by atoms with Crippen LogP contribution in [0, 0.1) is 5.82 Å². The van der Waals surface area contributed by atoms with Gasteiger partial charge in [0.15, 0.2) is 0 Å². The minimum atomic E-state index is -0.262. The molecular formula is C14H21ClFNO.